The fraction of sp³-hybridized carbons (Fsp3) is 0.176. The Morgan fingerprint density at radius 3 is 2.40 bits per heavy atom. The van der Waals surface area contributed by atoms with Gasteiger partial charge in [0, 0.05) is 34.2 Å². The lowest BCUT2D eigenvalue weighted by molar-refractivity contribution is 0.415. The van der Waals surface area contributed by atoms with Crippen LogP contribution in [0.25, 0.3) is 22.0 Å². The molecule has 3 heteroatoms. The molecule has 0 spiro atoms. The van der Waals surface area contributed by atoms with Gasteiger partial charge in [-0.15, -0.1) is 0 Å². The van der Waals surface area contributed by atoms with E-state index in [0.717, 1.165) is 10.8 Å². The Labute approximate surface area is 123 Å². The first-order valence-electron chi connectivity index (χ1n) is 6.51. The van der Waals surface area contributed by atoms with Gasteiger partial charge >= 0.3 is 0 Å². The molecule has 0 N–H and O–H groups in total. The van der Waals surface area contributed by atoms with Crippen LogP contribution in [-0.4, -0.2) is 11.7 Å². The van der Waals surface area contributed by atoms with Crippen molar-refractivity contribution >= 4 is 22.5 Å². The van der Waals surface area contributed by atoms with Gasteiger partial charge in [-0.25, -0.2) is 0 Å². The molecule has 0 fully saturated rings. The quantitative estimate of drug-likeness (QED) is 0.659. The summed E-state index contributed by atoms with van der Waals surface area (Å²) in [5, 5.41) is 1.94. The molecule has 0 unspecified atom stereocenters. The molecule has 0 aliphatic carbocycles. The number of methoxy groups -OCH3 is 1. The fourth-order valence-corrected chi connectivity index (χ4v) is 2.84. The van der Waals surface area contributed by atoms with Gasteiger partial charge in [-0.1, -0.05) is 23.7 Å². The summed E-state index contributed by atoms with van der Waals surface area (Å²) in [5.74, 6) is 0.865. The standard InChI is InChI=1S/C17H16ClNO/c1-11-17(12-4-7-14(20-3)8-5-12)15-10-13(18)6-9-16(15)19(11)2/h4-10H,1-3H3. The van der Waals surface area contributed by atoms with Crippen molar-refractivity contribution in [3.05, 3.63) is 53.2 Å². The van der Waals surface area contributed by atoms with E-state index in [4.69, 9.17) is 16.3 Å². The zero-order valence-electron chi connectivity index (χ0n) is 11.8. The van der Waals surface area contributed by atoms with Gasteiger partial charge in [0.2, 0.25) is 0 Å². The summed E-state index contributed by atoms with van der Waals surface area (Å²) in [5.41, 5.74) is 4.83. The minimum absolute atomic E-state index is 0.762. The van der Waals surface area contributed by atoms with E-state index < -0.39 is 0 Å². The maximum Gasteiger partial charge on any atom is 0.118 e. The molecule has 0 saturated heterocycles. The summed E-state index contributed by atoms with van der Waals surface area (Å²) in [6, 6.07) is 14.2. The first kappa shape index (κ1) is 13.1. The third kappa shape index (κ3) is 1.97. The Balaban J connectivity index is 2.28. The number of aryl methyl sites for hydroxylation is 1. The van der Waals surface area contributed by atoms with Crippen LogP contribution in [0.3, 0.4) is 0 Å². The number of hydrogen-bond donors (Lipinski definition) is 0. The van der Waals surface area contributed by atoms with Crippen molar-refractivity contribution in [3.8, 4) is 16.9 Å². The molecule has 1 heterocycles. The Morgan fingerprint density at radius 1 is 1.05 bits per heavy atom. The van der Waals surface area contributed by atoms with E-state index in [1.165, 1.54) is 27.7 Å². The lowest BCUT2D eigenvalue weighted by Gasteiger charge is -2.05. The second kappa shape index (κ2) is 4.88. The smallest absolute Gasteiger partial charge is 0.118 e. The molecule has 0 bridgehead atoms. The molecule has 0 aliphatic rings. The number of nitrogens with zero attached hydrogens (tertiary/aromatic N) is 1. The Morgan fingerprint density at radius 2 is 1.75 bits per heavy atom. The van der Waals surface area contributed by atoms with Crippen LogP contribution in [0, 0.1) is 6.92 Å². The van der Waals surface area contributed by atoms with Gasteiger partial charge in [-0.3, -0.25) is 0 Å². The zero-order chi connectivity index (χ0) is 14.3. The normalized spacial score (nSPS) is 11.0. The van der Waals surface area contributed by atoms with Crippen molar-refractivity contribution in [1.29, 1.82) is 0 Å². The van der Waals surface area contributed by atoms with Crippen molar-refractivity contribution in [3.63, 3.8) is 0 Å². The van der Waals surface area contributed by atoms with Crippen LogP contribution in [0.4, 0.5) is 0 Å². The van der Waals surface area contributed by atoms with Crippen molar-refractivity contribution in [2.24, 2.45) is 7.05 Å². The van der Waals surface area contributed by atoms with E-state index in [1.807, 2.05) is 24.3 Å². The molecule has 102 valence electrons. The van der Waals surface area contributed by atoms with E-state index in [0.29, 0.717) is 0 Å². The summed E-state index contributed by atoms with van der Waals surface area (Å²) >= 11 is 6.16. The summed E-state index contributed by atoms with van der Waals surface area (Å²) in [6.07, 6.45) is 0. The fourth-order valence-electron chi connectivity index (χ4n) is 2.67. The van der Waals surface area contributed by atoms with Gasteiger partial charge in [-0.2, -0.15) is 0 Å². The van der Waals surface area contributed by atoms with E-state index in [2.05, 4.69) is 36.7 Å². The zero-order valence-corrected chi connectivity index (χ0v) is 12.5. The van der Waals surface area contributed by atoms with Crippen LogP contribution in [0.15, 0.2) is 42.5 Å². The lowest BCUT2D eigenvalue weighted by atomic mass is 10.0. The number of aromatic nitrogens is 1. The summed E-state index contributed by atoms with van der Waals surface area (Å²) in [6.45, 7) is 2.13. The molecule has 3 aromatic rings. The Hall–Kier alpha value is -1.93. The van der Waals surface area contributed by atoms with Gasteiger partial charge in [0.25, 0.3) is 0 Å². The average molecular weight is 286 g/mol. The molecule has 20 heavy (non-hydrogen) atoms. The average Bonchev–Trinajstić information content (AvgIpc) is 2.71. The number of ether oxygens (including phenoxy) is 1. The monoisotopic (exact) mass is 285 g/mol. The summed E-state index contributed by atoms with van der Waals surface area (Å²) in [4.78, 5) is 0. The Bertz CT molecular complexity index is 772. The molecule has 0 radical (unpaired) electrons. The van der Waals surface area contributed by atoms with Crippen molar-refractivity contribution < 1.29 is 4.74 Å². The van der Waals surface area contributed by atoms with Gasteiger partial charge in [0.15, 0.2) is 0 Å². The molecule has 2 nitrogen and oxygen atoms in total. The van der Waals surface area contributed by atoms with Crippen LogP contribution < -0.4 is 4.74 Å². The second-order valence-corrected chi connectivity index (χ2v) is 5.35. The highest BCUT2D eigenvalue weighted by Gasteiger charge is 2.13. The molecular weight excluding hydrogens is 270 g/mol. The van der Waals surface area contributed by atoms with E-state index in [9.17, 15) is 0 Å². The number of benzene rings is 2. The van der Waals surface area contributed by atoms with Gasteiger partial charge < -0.3 is 9.30 Å². The van der Waals surface area contributed by atoms with Gasteiger partial charge in [0.1, 0.15) is 5.75 Å². The van der Waals surface area contributed by atoms with Crippen LogP contribution >= 0.6 is 11.6 Å². The highest BCUT2D eigenvalue weighted by Crippen LogP contribution is 2.35. The van der Waals surface area contributed by atoms with E-state index in [1.54, 1.807) is 7.11 Å². The molecule has 1 aromatic heterocycles. The highest BCUT2D eigenvalue weighted by atomic mass is 35.5. The first-order chi connectivity index (χ1) is 9.61. The van der Waals surface area contributed by atoms with Gasteiger partial charge in [-0.05, 0) is 42.8 Å². The van der Waals surface area contributed by atoms with Crippen molar-refractivity contribution in [1.82, 2.24) is 4.57 Å². The molecule has 0 saturated carbocycles. The molecule has 0 amide bonds. The molecule has 3 rings (SSSR count). The topological polar surface area (TPSA) is 14.2 Å². The second-order valence-electron chi connectivity index (χ2n) is 4.91. The van der Waals surface area contributed by atoms with Crippen LogP contribution in [0.1, 0.15) is 5.69 Å². The highest BCUT2D eigenvalue weighted by molar-refractivity contribution is 6.31. The minimum Gasteiger partial charge on any atom is -0.497 e. The van der Waals surface area contributed by atoms with E-state index >= 15 is 0 Å². The summed E-state index contributed by atoms with van der Waals surface area (Å²) < 4.78 is 7.42. The van der Waals surface area contributed by atoms with Crippen LogP contribution in [0.5, 0.6) is 5.75 Å². The molecular formula is C17H16ClNO. The molecule has 2 aromatic carbocycles. The van der Waals surface area contributed by atoms with Crippen LogP contribution in [0.2, 0.25) is 5.02 Å². The number of hydrogen-bond acceptors (Lipinski definition) is 1. The predicted molar refractivity (Wildman–Crippen MR) is 84.7 cm³/mol. The molecule has 0 aliphatic heterocycles. The maximum absolute atomic E-state index is 6.16. The largest absolute Gasteiger partial charge is 0.497 e. The SMILES string of the molecule is COc1ccc(-c2c(C)n(C)c3ccc(Cl)cc23)cc1. The van der Waals surface area contributed by atoms with Crippen molar-refractivity contribution in [2.75, 3.05) is 7.11 Å². The number of halogens is 1. The van der Waals surface area contributed by atoms with Crippen LogP contribution in [-0.2, 0) is 7.05 Å². The lowest BCUT2D eigenvalue weighted by Crippen LogP contribution is -1.90. The third-order valence-electron chi connectivity index (χ3n) is 3.83. The summed E-state index contributed by atoms with van der Waals surface area (Å²) in [7, 11) is 3.76. The molecule has 0 atom stereocenters. The van der Waals surface area contributed by atoms with Gasteiger partial charge in [0.05, 0.1) is 7.11 Å². The van der Waals surface area contributed by atoms with Crippen molar-refractivity contribution in [2.45, 2.75) is 6.92 Å². The third-order valence-corrected chi connectivity index (χ3v) is 4.07. The number of fused-ring (bicyclic) bond motifs is 1. The Kier molecular flexibility index (Phi) is 3.19. The van der Waals surface area contributed by atoms with E-state index in [-0.39, 0.29) is 0 Å². The number of rotatable bonds is 2. The maximum atomic E-state index is 6.16. The predicted octanol–water partition coefficient (Wildman–Crippen LogP) is 4.82. The first-order valence-corrected chi connectivity index (χ1v) is 6.88. The minimum atomic E-state index is 0.762.